The van der Waals surface area contributed by atoms with Crippen LogP contribution < -0.4 is 15.9 Å². The van der Waals surface area contributed by atoms with E-state index in [-0.39, 0.29) is 17.3 Å². The fourth-order valence-corrected chi connectivity index (χ4v) is 3.55. The summed E-state index contributed by atoms with van der Waals surface area (Å²) in [5.41, 5.74) is 11.1. The Kier molecular flexibility index (Phi) is 6.86. The Morgan fingerprint density at radius 2 is 1.89 bits per heavy atom. The van der Waals surface area contributed by atoms with Gasteiger partial charge in [-0.05, 0) is 45.7 Å². The second kappa shape index (κ2) is 10.7. The normalized spacial score (nSPS) is 11.1. The Morgan fingerprint density at radius 3 is 2.65 bits per heavy atom. The van der Waals surface area contributed by atoms with Crippen molar-refractivity contribution >= 4 is 29.5 Å². The molecule has 3 N–H and O–H groups in total. The standard InChI is InChI=1S/C25H19ClN8O3/c26-19-11-9-16(10-12-19)15-36-20-8-4-5-17(13-20)14-28-30-25(35)21-22(18-6-2-1-3-7-18)34(33-29-21)24-23(27)31-37-32-24/h1-14H,15H2,(H2,27,31)(H,30,35)/b28-14-. The highest BCUT2D eigenvalue weighted by atomic mass is 35.5. The SMILES string of the molecule is Nc1nonc1-n1nnc(C(=O)N/N=C\c2cccc(OCc3ccc(Cl)cc3)c2)c1-c1ccccc1. The van der Waals surface area contributed by atoms with Gasteiger partial charge in [0.1, 0.15) is 18.1 Å². The van der Waals surface area contributed by atoms with Crippen LogP contribution in [0.25, 0.3) is 17.1 Å². The van der Waals surface area contributed by atoms with Gasteiger partial charge in [-0.25, -0.2) is 10.1 Å². The number of anilines is 1. The zero-order valence-corrected chi connectivity index (χ0v) is 19.9. The molecular weight excluding hydrogens is 496 g/mol. The first kappa shape index (κ1) is 23.7. The lowest BCUT2D eigenvalue weighted by Crippen LogP contribution is -2.19. The summed E-state index contributed by atoms with van der Waals surface area (Å²) < 4.78 is 11.8. The van der Waals surface area contributed by atoms with E-state index in [4.69, 9.17) is 22.1 Å². The number of hydrogen-bond acceptors (Lipinski definition) is 9. The predicted octanol–water partition coefficient (Wildman–Crippen LogP) is 3.90. The minimum Gasteiger partial charge on any atom is -0.489 e. The summed E-state index contributed by atoms with van der Waals surface area (Å²) in [6, 6.07) is 23.8. The van der Waals surface area contributed by atoms with E-state index in [9.17, 15) is 4.79 Å². The molecular formula is C25H19ClN8O3. The highest BCUT2D eigenvalue weighted by Gasteiger charge is 2.24. The van der Waals surface area contributed by atoms with Gasteiger partial charge in [-0.15, -0.1) is 5.10 Å². The Labute approximate surface area is 215 Å². The van der Waals surface area contributed by atoms with Crippen LogP contribution in [0.4, 0.5) is 5.82 Å². The van der Waals surface area contributed by atoms with E-state index < -0.39 is 5.91 Å². The van der Waals surface area contributed by atoms with Crippen LogP contribution in [0.3, 0.4) is 0 Å². The van der Waals surface area contributed by atoms with Crippen molar-refractivity contribution in [2.75, 3.05) is 5.73 Å². The number of hydrazone groups is 1. The van der Waals surface area contributed by atoms with E-state index in [1.165, 1.54) is 10.9 Å². The Balaban J connectivity index is 1.31. The molecule has 0 spiro atoms. The van der Waals surface area contributed by atoms with Crippen molar-refractivity contribution in [2.45, 2.75) is 6.61 Å². The zero-order chi connectivity index (χ0) is 25.6. The number of benzene rings is 3. The van der Waals surface area contributed by atoms with Crippen LogP contribution in [-0.4, -0.2) is 37.4 Å². The summed E-state index contributed by atoms with van der Waals surface area (Å²) >= 11 is 5.92. The van der Waals surface area contributed by atoms with Crippen LogP contribution in [0.15, 0.2) is 88.6 Å². The average Bonchev–Trinajstić information content (AvgIpc) is 3.55. The van der Waals surface area contributed by atoms with Gasteiger partial charge in [0.25, 0.3) is 5.91 Å². The summed E-state index contributed by atoms with van der Waals surface area (Å²) in [6.45, 7) is 0.387. The molecule has 0 unspecified atom stereocenters. The van der Waals surface area contributed by atoms with Gasteiger partial charge in [0, 0.05) is 10.6 Å². The second-order valence-electron chi connectivity index (χ2n) is 7.72. The van der Waals surface area contributed by atoms with Crippen LogP contribution in [0.1, 0.15) is 21.6 Å². The van der Waals surface area contributed by atoms with Gasteiger partial charge in [0.15, 0.2) is 5.69 Å². The summed E-state index contributed by atoms with van der Waals surface area (Å²) in [5.74, 6) is 0.194. The molecule has 0 aliphatic carbocycles. The van der Waals surface area contributed by atoms with E-state index in [1.807, 2.05) is 60.7 Å². The van der Waals surface area contributed by atoms with Crippen molar-refractivity contribution in [1.82, 2.24) is 30.7 Å². The first-order valence-corrected chi connectivity index (χ1v) is 11.4. The molecule has 0 aliphatic rings. The summed E-state index contributed by atoms with van der Waals surface area (Å²) in [6.07, 6.45) is 1.50. The van der Waals surface area contributed by atoms with Gasteiger partial charge >= 0.3 is 0 Å². The molecule has 37 heavy (non-hydrogen) atoms. The number of nitrogens with zero attached hydrogens (tertiary/aromatic N) is 6. The van der Waals surface area contributed by atoms with Gasteiger partial charge in [0.05, 0.1) is 6.21 Å². The quantitative estimate of drug-likeness (QED) is 0.234. The maximum Gasteiger partial charge on any atom is 0.294 e. The number of rotatable bonds is 8. The monoisotopic (exact) mass is 514 g/mol. The molecule has 12 heteroatoms. The van der Waals surface area contributed by atoms with Gasteiger partial charge in [-0.3, -0.25) is 4.79 Å². The maximum absolute atomic E-state index is 13.0. The fraction of sp³-hybridized carbons (Fsp3) is 0.0400. The molecule has 2 aromatic heterocycles. The van der Waals surface area contributed by atoms with Crippen molar-refractivity contribution in [1.29, 1.82) is 0 Å². The van der Waals surface area contributed by atoms with Crippen LogP contribution in [0.2, 0.25) is 5.02 Å². The predicted molar refractivity (Wildman–Crippen MR) is 136 cm³/mol. The number of halogens is 1. The molecule has 1 amide bonds. The molecule has 3 aromatic carbocycles. The summed E-state index contributed by atoms with van der Waals surface area (Å²) in [5, 5.41) is 20.1. The van der Waals surface area contributed by atoms with E-state index in [2.05, 4.69) is 35.8 Å². The van der Waals surface area contributed by atoms with Crippen LogP contribution in [0.5, 0.6) is 5.75 Å². The number of aromatic nitrogens is 5. The minimum absolute atomic E-state index is 0.00484. The zero-order valence-electron chi connectivity index (χ0n) is 19.2. The van der Waals surface area contributed by atoms with E-state index >= 15 is 0 Å². The van der Waals surface area contributed by atoms with Crippen molar-refractivity contribution in [3.05, 3.63) is 101 Å². The lowest BCUT2D eigenvalue weighted by Gasteiger charge is -2.07. The first-order valence-electron chi connectivity index (χ1n) is 11.0. The van der Waals surface area contributed by atoms with E-state index in [0.717, 1.165) is 11.1 Å². The molecule has 0 saturated heterocycles. The molecule has 5 aromatic rings. The second-order valence-corrected chi connectivity index (χ2v) is 8.16. The third-order valence-corrected chi connectivity index (χ3v) is 5.44. The highest BCUT2D eigenvalue weighted by Crippen LogP contribution is 2.26. The van der Waals surface area contributed by atoms with Gasteiger partial charge in [-0.2, -0.15) is 9.78 Å². The maximum atomic E-state index is 13.0. The molecule has 184 valence electrons. The van der Waals surface area contributed by atoms with Crippen LogP contribution in [0, 0.1) is 0 Å². The number of amides is 1. The summed E-state index contributed by atoms with van der Waals surface area (Å²) in [4.78, 5) is 13.0. The van der Waals surface area contributed by atoms with Crippen molar-refractivity contribution < 1.29 is 14.2 Å². The third kappa shape index (κ3) is 5.46. The molecule has 0 aliphatic heterocycles. The number of nitrogens with two attached hydrogens (primary N) is 1. The Morgan fingerprint density at radius 1 is 1.08 bits per heavy atom. The highest BCUT2D eigenvalue weighted by molar-refractivity contribution is 6.30. The van der Waals surface area contributed by atoms with Crippen molar-refractivity contribution in [3.8, 4) is 22.8 Å². The number of nitrogen functional groups attached to an aromatic ring is 1. The van der Waals surface area contributed by atoms with E-state index in [0.29, 0.717) is 28.6 Å². The number of carbonyl (C=O) groups excluding carboxylic acids is 1. The minimum atomic E-state index is -0.577. The Hall–Kier alpha value is -5.03. The lowest BCUT2D eigenvalue weighted by molar-refractivity contribution is 0.0950. The number of ether oxygens (including phenoxy) is 1. The van der Waals surface area contributed by atoms with Gasteiger partial charge < -0.3 is 10.5 Å². The molecule has 11 nitrogen and oxygen atoms in total. The number of carbonyl (C=O) groups is 1. The topological polar surface area (TPSA) is 146 Å². The van der Waals surface area contributed by atoms with E-state index in [1.54, 1.807) is 18.2 Å². The van der Waals surface area contributed by atoms with Gasteiger partial charge in [0.2, 0.25) is 11.6 Å². The molecule has 0 fully saturated rings. The van der Waals surface area contributed by atoms with Crippen molar-refractivity contribution in [2.24, 2.45) is 5.10 Å². The molecule has 0 saturated carbocycles. The molecule has 0 radical (unpaired) electrons. The van der Waals surface area contributed by atoms with Gasteiger partial charge in [-0.1, -0.05) is 71.4 Å². The lowest BCUT2D eigenvalue weighted by atomic mass is 10.1. The summed E-state index contributed by atoms with van der Waals surface area (Å²) in [7, 11) is 0. The fourth-order valence-electron chi connectivity index (χ4n) is 3.43. The number of nitrogens with one attached hydrogen (secondary N) is 1. The molecule has 5 rings (SSSR count). The smallest absolute Gasteiger partial charge is 0.294 e. The first-order chi connectivity index (χ1) is 18.1. The van der Waals surface area contributed by atoms with Crippen LogP contribution >= 0.6 is 11.6 Å². The molecule has 2 heterocycles. The molecule has 0 atom stereocenters. The largest absolute Gasteiger partial charge is 0.489 e. The van der Waals surface area contributed by atoms with Crippen LogP contribution in [-0.2, 0) is 6.61 Å². The number of hydrogen-bond donors (Lipinski definition) is 2. The average molecular weight is 515 g/mol. The third-order valence-electron chi connectivity index (χ3n) is 5.19. The molecule has 0 bridgehead atoms. The van der Waals surface area contributed by atoms with Crippen molar-refractivity contribution in [3.63, 3.8) is 0 Å². The Bertz CT molecular complexity index is 1550.